The van der Waals surface area contributed by atoms with Crippen LogP contribution in [0.25, 0.3) is 0 Å². The maximum absolute atomic E-state index is 3.11. The van der Waals surface area contributed by atoms with E-state index in [1.165, 1.54) is 0 Å². The maximum Gasteiger partial charge on any atom is -0.00775 e. The molecule has 0 spiro atoms. The second-order valence-electron chi connectivity index (χ2n) is 0.957. The quantitative estimate of drug-likeness (QED) is 0.584. The van der Waals surface area contributed by atoms with Gasteiger partial charge in [0.25, 0.3) is 0 Å². The monoisotopic (exact) mass is 126 g/mol. The van der Waals surface area contributed by atoms with Crippen LogP contribution in [0.15, 0.2) is 0 Å². The zero-order chi connectivity index (χ0) is 4.12. The molecule has 0 atom stereocenters. The number of halogens is 1. The fourth-order valence-electron chi connectivity index (χ4n) is 0.250. The third-order valence-electron chi connectivity index (χ3n) is 0.500. The van der Waals surface area contributed by atoms with Crippen molar-refractivity contribution < 1.29 is 0 Å². The first-order valence-corrected chi connectivity index (χ1v) is 2.12. The van der Waals surface area contributed by atoms with Crippen molar-refractivity contribution in [2.75, 3.05) is 13.1 Å². The molecule has 0 aliphatic carbocycles. The van der Waals surface area contributed by atoms with E-state index in [0.717, 1.165) is 13.1 Å². The predicted molar refractivity (Wildman–Crippen MR) is 36.5 cm³/mol. The Hall–Kier alpha value is 0.210. The van der Waals surface area contributed by atoms with Gasteiger partial charge in [-0.15, -0.1) is 12.4 Å². The number of rotatable bonds is 2. The summed E-state index contributed by atoms with van der Waals surface area (Å²) in [6, 6.07) is 0. The van der Waals surface area contributed by atoms with E-state index in [1.807, 2.05) is 0 Å². The highest BCUT2D eigenvalue weighted by molar-refractivity contribution is 5.85. The lowest BCUT2D eigenvalue weighted by Gasteiger charge is -1.86. The molecule has 0 aromatic carbocycles. The highest BCUT2D eigenvalue weighted by Gasteiger charge is 1.62. The molecule has 2 nitrogen and oxygen atoms in total. The molecule has 7 heavy (non-hydrogen) atoms. The predicted octanol–water partition coefficient (Wildman–Crippen LogP) is 1.20. The van der Waals surface area contributed by atoms with Crippen molar-refractivity contribution in [3.05, 3.63) is 0 Å². The van der Waals surface area contributed by atoms with E-state index in [9.17, 15) is 0 Å². The van der Waals surface area contributed by atoms with Crippen LogP contribution in [0.2, 0.25) is 0 Å². The number of nitrogens with one attached hydrogen (secondary N) is 1. The van der Waals surface area contributed by atoms with Gasteiger partial charge in [-0.2, -0.15) is 0 Å². The molecule has 0 saturated carbocycles. The molecule has 0 fully saturated rings. The highest BCUT2D eigenvalue weighted by Crippen LogP contribution is 1.47. The van der Waals surface area contributed by atoms with Gasteiger partial charge in [0.15, 0.2) is 0 Å². The van der Waals surface area contributed by atoms with Gasteiger partial charge in [-0.3, -0.25) is 0 Å². The van der Waals surface area contributed by atoms with Crippen molar-refractivity contribution in [3.8, 4) is 0 Å². The van der Waals surface area contributed by atoms with E-state index in [4.69, 9.17) is 0 Å². The van der Waals surface area contributed by atoms with Gasteiger partial charge in [0.2, 0.25) is 0 Å². The Morgan fingerprint density at radius 3 is 1.43 bits per heavy atom. The summed E-state index contributed by atoms with van der Waals surface area (Å²) in [5.41, 5.74) is 0. The number of hydrogen-bond acceptors (Lipinski definition) is 2. The van der Waals surface area contributed by atoms with Crippen LogP contribution < -0.4 is 11.5 Å². The van der Waals surface area contributed by atoms with Gasteiger partial charge < -0.3 is 11.5 Å². The second kappa shape index (κ2) is 16.4. The average Bonchev–Trinajstić information content (AvgIpc) is 1.41. The van der Waals surface area contributed by atoms with Crippen LogP contribution in [0.3, 0.4) is 0 Å². The fraction of sp³-hybridized carbons (Fsp3) is 1.00. The van der Waals surface area contributed by atoms with Crippen molar-refractivity contribution in [3.63, 3.8) is 0 Å². The van der Waals surface area contributed by atoms with Crippen LogP contribution in [0.4, 0.5) is 0 Å². The van der Waals surface area contributed by atoms with Crippen LogP contribution in [0, 0.1) is 0 Å². The first-order valence-electron chi connectivity index (χ1n) is 2.12. The molecule has 3 heteroatoms. The molecule has 0 rings (SSSR count). The molecule has 0 aliphatic heterocycles. The molecule has 4 N–H and O–H groups in total. The molecule has 0 aromatic rings. The Balaban J connectivity index is -0.0000000800. The van der Waals surface area contributed by atoms with Gasteiger partial charge in [0, 0.05) is 0 Å². The summed E-state index contributed by atoms with van der Waals surface area (Å²) in [4.78, 5) is 0. The van der Waals surface area contributed by atoms with Crippen molar-refractivity contribution in [2.24, 2.45) is 0 Å². The minimum atomic E-state index is 0. The Morgan fingerprint density at radius 2 is 1.43 bits per heavy atom. The summed E-state index contributed by atoms with van der Waals surface area (Å²) in [6.45, 7) is 6.39. The lowest BCUT2D eigenvalue weighted by molar-refractivity contribution is 0.762. The molecule has 0 radical (unpaired) electrons. The first-order chi connectivity index (χ1) is 2.41. The lowest BCUT2D eigenvalue weighted by Crippen LogP contribution is -2.09. The summed E-state index contributed by atoms with van der Waals surface area (Å²) >= 11 is 0. The normalized spacial score (nSPS) is 6.00. The maximum atomic E-state index is 3.11. The average molecular weight is 127 g/mol. The molecule has 48 valence electrons. The van der Waals surface area contributed by atoms with Gasteiger partial charge in [-0.25, -0.2) is 0 Å². The van der Waals surface area contributed by atoms with Crippen molar-refractivity contribution >= 4 is 12.4 Å². The summed E-state index contributed by atoms with van der Waals surface area (Å²) < 4.78 is 0. The third kappa shape index (κ3) is 22.5. The molecule has 0 heterocycles. The smallest absolute Gasteiger partial charge is 0.00775 e. The fourth-order valence-corrected chi connectivity index (χ4v) is 0.250. The van der Waals surface area contributed by atoms with Crippen LogP contribution in [-0.4, -0.2) is 13.1 Å². The van der Waals surface area contributed by atoms with Crippen LogP contribution in [0.1, 0.15) is 13.8 Å². The summed E-state index contributed by atoms with van der Waals surface area (Å²) in [5, 5.41) is 3.11. The van der Waals surface area contributed by atoms with E-state index < -0.39 is 0 Å². The second-order valence-corrected chi connectivity index (χ2v) is 0.957. The van der Waals surface area contributed by atoms with E-state index in [1.54, 1.807) is 0 Å². The van der Waals surface area contributed by atoms with Crippen molar-refractivity contribution in [1.29, 1.82) is 0 Å². The van der Waals surface area contributed by atoms with Gasteiger partial charge >= 0.3 is 0 Å². The summed E-state index contributed by atoms with van der Waals surface area (Å²) in [6.07, 6.45) is 0. The minimum Gasteiger partial charge on any atom is -0.344 e. The topological polar surface area (TPSA) is 47.0 Å². The van der Waals surface area contributed by atoms with Gasteiger partial charge in [-0.1, -0.05) is 13.8 Å². The Labute approximate surface area is 51.7 Å². The molecule has 0 aliphatic rings. The van der Waals surface area contributed by atoms with Crippen LogP contribution in [-0.2, 0) is 0 Å². The molecule has 0 bridgehead atoms. The van der Waals surface area contributed by atoms with E-state index in [-0.39, 0.29) is 18.6 Å². The van der Waals surface area contributed by atoms with Crippen molar-refractivity contribution in [1.82, 2.24) is 11.5 Å². The molecule has 0 unspecified atom stereocenters. The lowest BCUT2D eigenvalue weighted by atomic mass is 10.7. The van der Waals surface area contributed by atoms with Crippen LogP contribution >= 0.6 is 12.4 Å². The SMILES string of the molecule is CCNCC.Cl.N. The standard InChI is InChI=1S/C4H11N.ClH.H3N/c1-3-5-4-2;;/h5H,3-4H2,1-2H3;1H;1H3. The number of hydrogen-bond donors (Lipinski definition) is 2. The Bertz CT molecular complexity index is 17.2. The van der Waals surface area contributed by atoms with E-state index >= 15 is 0 Å². The summed E-state index contributed by atoms with van der Waals surface area (Å²) in [7, 11) is 0. The first kappa shape index (κ1) is 15.7. The van der Waals surface area contributed by atoms with E-state index in [0.29, 0.717) is 0 Å². The van der Waals surface area contributed by atoms with Crippen molar-refractivity contribution in [2.45, 2.75) is 13.8 Å². The summed E-state index contributed by atoms with van der Waals surface area (Å²) in [5.74, 6) is 0. The van der Waals surface area contributed by atoms with Crippen LogP contribution in [0.5, 0.6) is 0 Å². The zero-order valence-electron chi connectivity index (χ0n) is 5.03. The minimum absolute atomic E-state index is 0. The molecule has 0 amide bonds. The van der Waals surface area contributed by atoms with Gasteiger partial charge in [0.1, 0.15) is 0 Å². The van der Waals surface area contributed by atoms with E-state index in [2.05, 4.69) is 19.2 Å². The largest absolute Gasteiger partial charge is 0.344 e. The zero-order valence-corrected chi connectivity index (χ0v) is 5.85. The molecular weight excluding hydrogens is 112 g/mol. The Morgan fingerprint density at radius 1 is 1.14 bits per heavy atom. The highest BCUT2D eigenvalue weighted by atomic mass is 35.5. The molecule has 0 aromatic heterocycles. The van der Waals surface area contributed by atoms with Gasteiger partial charge in [-0.05, 0) is 13.1 Å². The molecule has 0 saturated heterocycles. The van der Waals surface area contributed by atoms with Gasteiger partial charge in [0.05, 0.1) is 0 Å². The Kier molecular flexibility index (Phi) is 36.7. The molecular formula is C4H15ClN2. The third-order valence-corrected chi connectivity index (χ3v) is 0.500.